The topological polar surface area (TPSA) is 90.9 Å². The van der Waals surface area contributed by atoms with E-state index in [1.165, 1.54) is 10.2 Å². The van der Waals surface area contributed by atoms with Gasteiger partial charge in [-0.25, -0.2) is 8.42 Å². The Hall–Kier alpha value is -2.67. The van der Waals surface area contributed by atoms with Crippen LogP contribution in [0.2, 0.25) is 0 Å². The van der Waals surface area contributed by atoms with Gasteiger partial charge in [-0.15, -0.1) is 5.10 Å². The van der Waals surface area contributed by atoms with E-state index in [-0.39, 0.29) is 15.7 Å². The van der Waals surface area contributed by atoms with Crippen LogP contribution in [-0.2, 0) is 22.7 Å². The summed E-state index contributed by atoms with van der Waals surface area (Å²) in [5, 5.41) is 7.53. The van der Waals surface area contributed by atoms with Crippen LogP contribution in [-0.4, -0.2) is 23.4 Å². The smallest absolute Gasteiger partial charge is 0.229 e. The van der Waals surface area contributed by atoms with E-state index in [4.69, 9.17) is 5.73 Å². The van der Waals surface area contributed by atoms with Crippen molar-refractivity contribution in [3.63, 3.8) is 0 Å². The van der Waals surface area contributed by atoms with Crippen LogP contribution < -0.4 is 5.73 Å². The molecule has 0 radical (unpaired) electrons. The molecule has 0 bridgehead atoms. The van der Waals surface area contributed by atoms with Crippen molar-refractivity contribution in [1.29, 1.82) is 0 Å². The molecule has 0 aliphatic rings. The number of aromatic nitrogens is 3. The molecule has 6 nitrogen and oxygen atoms in total. The zero-order chi connectivity index (χ0) is 18.0. The van der Waals surface area contributed by atoms with Gasteiger partial charge in [0, 0.05) is 0 Å². The van der Waals surface area contributed by atoms with Crippen LogP contribution in [0.1, 0.15) is 25.0 Å². The van der Waals surface area contributed by atoms with E-state index >= 15 is 0 Å². The zero-order valence-electron chi connectivity index (χ0n) is 14.2. The summed E-state index contributed by atoms with van der Waals surface area (Å²) < 4.78 is 26.9. The van der Waals surface area contributed by atoms with Gasteiger partial charge in [0.05, 0.1) is 10.6 Å². The summed E-state index contributed by atoms with van der Waals surface area (Å²) in [5.41, 5.74) is 8.95. The number of rotatable bonds is 5. The Balaban J connectivity index is 2.01. The third-order valence-electron chi connectivity index (χ3n) is 4.16. The largest absolute Gasteiger partial charge is 0.381 e. The van der Waals surface area contributed by atoms with Crippen LogP contribution in [0.5, 0.6) is 0 Å². The van der Waals surface area contributed by atoms with Crippen LogP contribution in [0, 0.1) is 0 Å². The van der Waals surface area contributed by atoms with Crippen molar-refractivity contribution in [3.05, 3.63) is 59.7 Å². The molecule has 0 saturated heterocycles. The van der Waals surface area contributed by atoms with Gasteiger partial charge in [-0.1, -0.05) is 43.3 Å². The van der Waals surface area contributed by atoms with Gasteiger partial charge >= 0.3 is 0 Å². The fourth-order valence-corrected chi connectivity index (χ4v) is 3.77. The Bertz CT molecular complexity index is 975. The maximum absolute atomic E-state index is 12.8. The maximum Gasteiger partial charge on any atom is 0.229 e. The Kier molecular flexibility index (Phi) is 4.59. The molecule has 0 unspecified atom stereocenters. The number of anilines is 1. The fraction of sp³-hybridized carbons (Fsp3) is 0.222. The molecule has 1 aromatic heterocycles. The van der Waals surface area contributed by atoms with Crippen LogP contribution in [0.25, 0.3) is 5.69 Å². The lowest BCUT2D eigenvalue weighted by molar-refractivity contribution is 0.592. The highest BCUT2D eigenvalue weighted by atomic mass is 32.2. The zero-order valence-corrected chi connectivity index (χ0v) is 15.0. The first-order valence-electron chi connectivity index (χ1n) is 8.12. The highest BCUT2D eigenvalue weighted by Gasteiger charge is 2.26. The normalized spacial score (nSPS) is 11.6. The first-order valence-corrected chi connectivity index (χ1v) is 9.60. The monoisotopic (exact) mass is 356 g/mol. The van der Waals surface area contributed by atoms with E-state index in [0.29, 0.717) is 5.69 Å². The molecule has 1 heterocycles. The minimum atomic E-state index is -3.81. The lowest BCUT2D eigenvalue weighted by Crippen LogP contribution is -2.08. The van der Waals surface area contributed by atoms with Gasteiger partial charge < -0.3 is 5.73 Å². The van der Waals surface area contributed by atoms with Crippen molar-refractivity contribution in [2.24, 2.45) is 0 Å². The Morgan fingerprint density at radius 1 is 0.920 bits per heavy atom. The van der Waals surface area contributed by atoms with Crippen molar-refractivity contribution in [2.75, 3.05) is 5.73 Å². The van der Waals surface area contributed by atoms with Crippen molar-refractivity contribution in [2.45, 2.75) is 36.6 Å². The molecule has 0 aliphatic heterocycles. The van der Waals surface area contributed by atoms with Gasteiger partial charge in [0.1, 0.15) is 0 Å². The molecule has 7 heteroatoms. The van der Waals surface area contributed by atoms with Crippen LogP contribution in [0.4, 0.5) is 5.82 Å². The second-order valence-electron chi connectivity index (χ2n) is 5.71. The molecular weight excluding hydrogens is 336 g/mol. The van der Waals surface area contributed by atoms with Gasteiger partial charge in [0.25, 0.3) is 0 Å². The number of hydrogen-bond donors (Lipinski definition) is 1. The first-order chi connectivity index (χ1) is 12.0. The highest BCUT2D eigenvalue weighted by Crippen LogP contribution is 2.26. The summed E-state index contributed by atoms with van der Waals surface area (Å²) in [6, 6.07) is 14.3. The number of nitrogens with zero attached hydrogens (tertiary/aromatic N) is 3. The molecule has 130 valence electrons. The summed E-state index contributed by atoms with van der Waals surface area (Å²) in [4.78, 5) is 0.157. The highest BCUT2D eigenvalue weighted by molar-refractivity contribution is 7.91. The molecule has 25 heavy (non-hydrogen) atoms. The SMILES string of the molecule is CCc1ccc(-n2nnc(S(=O)(=O)c3ccc(CC)cc3)c2N)cc1. The third-order valence-corrected chi connectivity index (χ3v) is 5.85. The predicted octanol–water partition coefficient (Wildman–Crippen LogP) is 2.81. The van der Waals surface area contributed by atoms with E-state index in [9.17, 15) is 8.42 Å². The Labute approximate surface area is 147 Å². The van der Waals surface area contributed by atoms with Crippen LogP contribution >= 0.6 is 0 Å². The molecule has 0 aliphatic carbocycles. The minimum Gasteiger partial charge on any atom is -0.381 e. The number of aryl methyl sites for hydroxylation is 2. The fourth-order valence-electron chi connectivity index (χ4n) is 2.55. The molecule has 3 rings (SSSR count). The molecule has 0 amide bonds. The van der Waals surface area contributed by atoms with Gasteiger partial charge in [0.2, 0.25) is 14.9 Å². The number of hydrogen-bond acceptors (Lipinski definition) is 5. The van der Waals surface area contributed by atoms with Crippen molar-refractivity contribution in [1.82, 2.24) is 15.0 Å². The minimum absolute atomic E-state index is 0.00353. The average molecular weight is 356 g/mol. The van der Waals surface area contributed by atoms with E-state index in [1.807, 2.05) is 31.2 Å². The Morgan fingerprint density at radius 2 is 1.44 bits per heavy atom. The van der Waals surface area contributed by atoms with Gasteiger partial charge in [-0.2, -0.15) is 4.68 Å². The number of nitrogens with two attached hydrogens (primary N) is 1. The average Bonchev–Trinajstić information content (AvgIpc) is 3.04. The standard InChI is InChI=1S/C18H20N4O2S/c1-3-13-5-9-15(10-6-13)22-17(19)18(20-21-22)25(23,24)16-11-7-14(4-2)8-12-16/h5-12H,3-4,19H2,1-2H3. The summed E-state index contributed by atoms with van der Waals surface area (Å²) in [6.45, 7) is 4.07. The summed E-state index contributed by atoms with van der Waals surface area (Å²) in [7, 11) is -3.81. The van der Waals surface area contributed by atoms with E-state index < -0.39 is 9.84 Å². The number of nitrogen functional groups attached to an aromatic ring is 1. The Morgan fingerprint density at radius 3 is 1.96 bits per heavy atom. The lowest BCUT2D eigenvalue weighted by Gasteiger charge is -2.06. The van der Waals surface area contributed by atoms with Crippen LogP contribution in [0.15, 0.2) is 58.5 Å². The van der Waals surface area contributed by atoms with E-state index in [0.717, 1.165) is 18.4 Å². The van der Waals surface area contributed by atoms with Crippen molar-refractivity contribution >= 4 is 15.7 Å². The molecule has 0 atom stereocenters. The molecule has 0 fully saturated rings. The second-order valence-corrected chi connectivity index (χ2v) is 7.58. The number of sulfone groups is 1. The van der Waals surface area contributed by atoms with Crippen LogP contribution in [0.3, 0.4) is 0 Å². The van der Waals surface area contributed by atoms with Gasteiger partial charge in [0.15, 0.2) is 5.82 Å². The lowest BCUT2D eigenvalue weighted by atomic mass is 10.1. The van der Waals surface area contributed by atoms with E-state index in [1.54, 1.807) is 24.3 Å². The van der Waals surface area contributed by atoms with Gasteiger partial charge in [-0.3, -0.25) is 0 Å². The summed E-state index contributed by atoms with van der Waals surface area (Å²) >= 11 is 0. The molecule has 3 aromatic rings. The molecular formula is C18H20N4O2S. The quantitative estimate of drug-likeness (QED) is 0.759. The van der Waals surface area contributed by atoms with Crippen molar-refractivity contribution in [3.8, 4) is 5.69 Å². The van der Waals surface area contributed by atoms with Gasteiger partial charge in [-0.05, 0) is 48.2 Å². The molecule has 2 N–H and O–H groups in total. The first kappa shape index (κ1) is 17.2. The van der Waals surface area contributed by atoms with E-state index in [2.05, 4.69) is 17.2 Å². The molecule has 0 saturated carbocycles. The number of benzene rings is 2. The third kappa shape index (κ3) is 3.15. The molecule has 2 aromatic carbocycles. The predicted molar refractivity (Wildman–Crippen MR) is 96.4 cm³/mol. The second kappa shape index (κ2) is 6.68. The summed E-state index contributed by atoms with van der Waals surface area (Å²) in [6.07, 6.45) is 1.76. The maximum atomic E-state index is 12.8. The summed E-state index contributed by atoms with van der Waals surface area (Å²) in [5.74, 6) is 0.00353. The molecule has 0 spiro atoms. The van der Waals surface area contributed by atoms with Crippen molar-refractivity contribution < 1.29 is 8.42 Å².